The predicted octanol–water partition coefficient (Wildman–Crippen LogP) is 4.22. The average molecular weight is 421 g/mol. The van der Waals surface area contributed by atoms with Gasteiger partial charge in [0.1, 0.15) is 17.1 Å². The first kappa shape index (κ1) is 20.0. The van der Waals surface area contributed by atoms with Crippen molar-refractivity contribution < 1.29 is 18.7 Å². The molecule has 0 saturated heterocycles. The highest BCUT2D eigenvalue weighted by Gasteiger charge is 2.18. The lowest BCUT2D eigenvalue weighted by Crippen LogP contribution is -2.34. The van der Waals surface area contributed by atoms with E-state index in [1.165, 1.54) is 6.07 Å². The maximum Gasteiger partial charge on any atom is 0.255 e. The molecule has 1 heterocycles. The predicted molar refractivity (Wildman–Crippen MR) is 109 cm³/mol. The Kier molecular flexibility index (Phi) is 6.11. The summed E-state index contributed by atoms with van der Waals surface area (Å²) >= 11 is 11.8. The van der Waals surface area contributed by atoms with Crippen molar-refractivity contribution in [2.75, 3.05) is 20.2 Å². The fourth-order valence-electron chi connectivity index (χ4n) is 2.79. The fraction of sp³-hybridized carbons (Fsp3) is 0.200. The summed E-state index contributed by atoms with van der Waals surface area (Å²) in [5.41, 5.74) is 1.45. The number of carbonyl (C=O) groups excluding carboxylic acids is 2. The van der Waals surface area contributed by atoms with E-state index in [1.807, 2.05) is 0 Å². The lowest BCUT2D eigenvalue weighted by molar-refractivity contribution is 0.0927. The molecule has 3 aromatic rings. The second kappa shape index (κ2) is 8.54. The van der Waals surface area contributed by atoms with Crippen LogP contribution < -0.4 is 15.4 Å². The quantitative estimate of drug-likeness (QED) is 0.585. The number of aryl methyl sites for hydroxylation is 1. The SMILES string of the molecule is COc1ccc2oc(C)c(C(=O)NCCNC(=O)c3ccc(Cl)c(Cl)c3)c2c1. The molecule has 2 amide bonds. The number of fused-ring (bicyclic) bond motifs is 1. The smallest absolute Gasteiger partial charge is 0.255 e. The van der Waals surface area contributed by atoms with Crippen LogP contribution in [-0.2, 0) is 0 Å². The Bertz CT molecular complexity index is 1050. The molecule has 0 atom stereocenters. The fourth-order valence-corrected chi connectivity index (χ4v) is 3.09. The molecule has 0 bridgehead atoms. The first-order valence-corrected chi connectivity index (χ1v) is 9.25. The number of rotatable bonds is 6. The maximum atomic E-state index is 12.6. The molecule has 0 aliphatic heterocycles. The molecule has 8 heteroatoms. The van der Waals surface area contributed by atoms with Gasteiger partial charge in [-0.1, -0.05) is 23.2 Å². The van der Waals surface area contributed by atoms with E-state index in [1.54, 1.807) is 44.4 Å². The largest absolute Gasteiger partial charge is 0.497 e. The summed E-state index contributed by atoms with van der Waals surface area (Å²) in [7, 11) is 1.56. The van der Waals surface area contributed by atoms with Crippen LogP contribution in [0.5, 0.6) is 5.75 Å². The van der Waals surface area contributed by atoms with Crippen molar-refractivity contribution in [3.63, 3.8) is 0 Å². The Morgan fingerprint density at radius 3 is 2.39 bits per heavy atom. The first-order valence-electron chi connectivity index (χ1n) is 8.49. The van der Waals surface area contributed by atoms with Crippen LogP contribution in [-0.4, -0.2) is 32.0 Å². The lowest BCUT2D eigenvalue weighted by atomic mass is 10.1. The van der Waals surface area contributed by atoms with Gasteiger partial charge in [0.05, 0.1) is 22.7 Å². The number of methoxy groups -OCH3 is 1. The Balaban J connectivity index is 1.60. The van der Waals surface area contributed by atoms with Crippen molar-refractivity contribution in [2.24, 2.45) is 0 Å². The Labute approximate surface area is 171 Å². The van der Waals surface area contributed by atoms with Crippen molar-refractivity contribution in [3.8, 4) is 5.75 Å². The summed E-state index contributed by atoms with van der Waals surface area (Å²) in [6.07, 6.45) is 0. The molecule has 3 rings (SSSR count). The molecule has 0 aliphatic carbocycles. The molecule has 0 fully saturated rings. The molecule has 146 valence electrons. The van der Waals surface area contributed by atoms with Crippen LogP contribution in [0, 0.1) is 6.92 Å². The minimum Gasteiger partial charge on any atom is -0.497 e. The number of halogens is 2. The van der Waals surface area contributed by atoms with Crippen molar-refractivity contribution in [3.05, 3.63) is 63.3 Å². The Morgan fingerprint density at radius 2 is 1.71 bits per heavy atom. The number of carbonyl (C=O) groups is 2. The van der Waals surface area contributed by atoms with Gasteiger partial charge in [0.2, 0.25) is 0 Å². The van der Waals surface area contributed by atoms with Crippen LogP contribution in [0.3, 0.4) is 0 Å². The van der Waals surface area contributed by atoms with E-state index in [4.69, 9.17) is 32.4 Å². The van der Waals surface area contributed by atoms with Gasteiger partial charge >= 0.3 is 0 Å². The van der Waals surface area contributed by atoms with Crippen molar-refractivity contribution in [1.82, 2.24) is 10.6 Å². The molecule has 6 nitrogen and oxygen atoms in total. The van der Waals surface area contributed by atoms with Gasteiger partial charge in [-0.2, -0.15) is 0 Å². The van der Waals surface area contributed by atoms with Gasteiger partial charge in [-0.15, -0.1) is 0 Å². The summed E-state index contributed by atoms with van der Waals surface area (Å²) in [4.78, 5) is 24.7. The second-order valence-electron chi connectivity index (χ2n) is 6.04. The number of hydrogen-bond donors (Lipinski definition) is 2. The number of nitrogens with one attached hydrogen (secondary N) is 2. The second-order valence-corrected chi connectivity index (χ2v) is 6.85. The summed E-state index contributed by atoms with van der Waals surface area (Å²) in [5, 5.41) is 6.86. The number of ether oxygens (including phenoxy) is 1. The highest BCUT2D eigenvalue weighted by molar-refractivity contribution is 6.42. The topological polar surface area (TPSA) is 80.6 Å². The van der Waals surface area contributed by atoms with E-state index >= 15 is 0 Å². The highest BCUT2D eigenvalue weighted by atomic mass is 35.5. The van der Waals surface area contributed by atoms with Crippen LogP contribution in [0.4, 0.5) is 0 Å². The number of benzene rings is 2. The van der Waals surface area contributed by atoms with Gasteiger partial charge < -0.3 is 19.8 Å². The molecular formula is C20H18Cl2N2O4. The molecule has 2 aromatic carbocycles. The van der Waals surface area contributed by atoms with E-state index in [9.17, 15) is 9.59 Å². The Hall–Kier alpha value is -2.70. The van der Waals surface area contributed by atoms with Gasteiger partial charge in [-0.05, 0) is 43.3 Å². The van der Waals surface area contributed by atoms with Crippen LogP contribution >= 0.6 is 23.2 Å². The first-order chi connectivity index (χ1) is 13.4. The summed E-state index contributed by atoms with van der Waals surface area (Å²) in [6.45, 7) is 2.23. The zero-order valence-electron chi connectivity index (χ0n) is 15.3. The highest BCUT2D eigenvalue weighted by Crippen LogP contribution is 2.29. The average Bonchev–Trinajstić information content (AvgIpc) is 3.01. The molecule has 0 radical (unpaired) electrons. The van der Waals surface area contributed by atoms with Gasteiger partial charge in [-0.25, -0.2) is 0 Å². The van der Waals surface area contributed by atoms with Crippen LogP contribution in [0.2, 0.25) is 10.0 Å². The van der Waals surface area contributed by atoms with E-state index in [0.29, 0.717) is 43.7 Å². The zero-order chi connectivity index (χ0) is 20.3. The minimum absolute atomic E-state index is 0.252. The van der Waals surface area contributed by atoms with Crippen LogP contribution in [0.25, 0.3) is 11.0 Å². The molecule has 0 aliphatic rings. The van der Waals surface area contributed by atoms with E-state index < -0.39 is 0 Å². The van der Waals surface area contributed by atoms with E-state index in [2.05, 4.69) is 10.6 Å². The molecule has 28 heavy (non-hydrogen) atoms. The van der Waals surface area contributed by atoms with Crippen molar-refractivity contribution in [1.29, 1.82) is 0 Å². The normalized spacial score (nSPS) is 10.7. The van der Waals surface area contributed by atoms with Crippen molar-refractivity contribution in [2.45, 2.75) is 6.92 Å². The third-order valence-electron chi connectivity index (χ3n) is 4.18. The Morgan fingerprint density at radius 1 is 1.00 bits per heavy atom. The molecular weight excluding hydrogens is 403 g/mol. The van der Waals surface area contributed by atoms with E-state index in [-0.39, 0.29) is 24.9 Å². The minimum atomic E-state index is -0.303. The van der Waals surface area contributed by atoms with Crippen LogP contribution in [0.15, 0.2) is 40.8 Å². The van der Waals surface area contributed by atoms with Gasteiger partial charge in [0, 0.05) is 24.0 Å². The standard InChI is InChI=1S/C20H18Cl2N2O4/c1-11-18(14-10-13(27-2)4-6-17(14)28-11)20(26)24-8-7-23-19(25)12-3-5-15(21)16(22)9-12/h3-6,9-10H,7-8H2,1-2H3,(H,23,25)(H,24,26). The molecule has 2 N–H and O–H groups in total. The monoisotopic (exact) mass is 420 g/mol. The number of furan rings is 1. The van der Waals surface area contributed by atoms with Crippen molar-refractivity contribution >= 4 is 46.0 Å². The number of amides is 2. The summed E-state index contributed by atoms with van der Waals surface area (Å²) in [6, 6.07) is 9.91. The lowest BCUT2D eigenvalue weighted by Gasteiger charge is -2.08. The van der Waals surface area contributed by atoms with Crippen LogP contribution in [0.1, 0.15) is 26.5 Å². The third-order valence-corrected chi connectivity index (χ3v) is 4.92. The van der Waals surface area contributed by atoms with Gasteiger partial charge in [0.25, 0.3) is 11.8 Å². The zero-order valence-corrected chi connectivity index (χ0v) is 16.8. The third kappa shape index (κ3) is 4.24. The summed E-state index contributed by atoms with van der Waals surface area (Å²) in [5.74, 6) is 0.563. The maximum absolute atomic E-state index is 12.6. The molecule has 0 spiro atoms. The number of hydrogen-bond acceptors (Lipinski definition) is 4. The molecule has 1 aromatic heterocycles. The van der Waals surface area contributed by atoms with E-state index in [0.717, 1.165) is 0 Å². The van der Waals surface area contributed by atoms with Gasteiger partial charge in [-0.3, -0.25) is 9.59 Å². The molecule has 0 unspecified atom stereocenters. The summed E-state index contributed by atoms with van der Waals surface area (Å²) < 4.78 is 10.8. The van der Waals surface area contributed by atoms with Gasteiger partial charge in [0.15, 0.2) is 0 Å². The molecule has 0 saturated carbocycles.